The minimum Gasteiger partial charge on any atom is -0.377 e. The maximum Gasteiger partial charge on any atom is 0.158 e. The van der Waals surface area contributed by atoms with Gasteiger partial charge in [-0.1, -0.05) is 30.3 Å². The largest absolute Gasteiger partial charge is 0.377 e. The summed E-state index contributed by atoms with van der Waals surface area (Å²) in [5, 5.41) is 3.35. The molecule has 8 heteroatoms. The molecule has 0 unspecified atom stereocenters. The molecule has 0 saturated carbocycles. The van der Waals surface area contributed by atoms with Crippen LogP contribution < -0.4 is 4.90 Å². The third-order valence-electron chi connectivity index (χ3n) is 5.78. The van der Waals surface area contributed by atoms with E-state index in [1.54, 1.807) is 18.4 Å². The fourth-order valence-corrected chi connectivity index (χ4v) is 5.05. The Kier molecular flexibility index (Phi) is 5.67. The lowest BCUT2D eigenvalue weighted by atomic mass is 10.1. The van der Waals surface area contributed by atoms with Crippen LogP contribution in [0.15, 0.2) is 48.1 Å². The number of anilines is 1. The van der Waals surface area contributed by atoms with Crippen LogP contribution in [0.2, 0.25) is 0 Å². The molecule has 0 spiro atoms. The summed E-state index contributed by atoms with van der Waals surface area (Å²) in [5.74, 6) is 2.86. The third-order valence-corrected chi connectivity index (χ3v) is 6.65. The fraction of sp³-hybridized carbons (Fsp3) is 0.348. The number of methoxy groups -OCH3 is 1. The maximum absolute atomic E-state index is 5.34. The number of thiophene rings is 1. The topological polar surface area (TPSA) is 59.3 Å². The number of piperazine rings is 1. The Labute approximate surface area is 185 Å². The van der Waals surface area contributed by atoms with Gasteiger partial charge in [-0.15, -0.1) is 11.3 Å². The van der Waals surface area contributed by atoms with Gasteiger partial charge in [-0.2, -0.15) is 0 Å². The van der Waals surface area contributed by atoms with Gasteiger partial charge in [0.25, 0.3) is 0 Å². The number of hydrogen-bond donors (Lipinski definition) is 0. The van der Waals surface area contributed by atoms with Crippen LogP contribution in [0.4, 0.5) is 5.82 Å². The van der Waals surface area contributed by atoms with Gasteiger partial charge in [0.05, 0.1) is 11.9 Å². The summed E-state index contributed by atoms with van der Waals surface area (Å²) in [7, 11) is 3.74. The van der Waals surface area contributed by atoms with Gasteiger partial charge in [0.15, 0.2) is 5.82 Å². The number of hydrogen-bond acceptors (Lipinski definition) is 7. The first-order valence-electron chi connectivity index (χ1n) is 10.5. The van der Waals surface area contributed by atoms with E-state index >= 15 is 0 Å². The third kappa shape index (κ3) is 4.06. The first kappa shape index (κ1) is 20.1. The molecule has 1 fully saturated rings. The summed E-state index contributed by atoms with van der Waals surface area (Å²) in [6.45, 7) is 5.09. The molecule has 31 heavy (non-hydrogen) atoms. The van der Waals surface area contributed by atoms with Gasteiger partial charge in [0.1, 0.15) is 23.1 Å². The van der Waals surface area contributed by atoms with E-state index in [9.17, 15) is 0 Å². The standard InChI is InChI=1S/C23H26N6OS/c1-27-9-8-24-20(27)14-28-10-12-29(13-11-28)22-21-18(17-6-4-3-5-7-17)16-31-23(21)26-19(25-22)15-30-2/h3-9,16H,10-15H2,1-2H3. The Bertz CT molecular complexity index is 1160. The van der Waals surface area contributed by atoms with Crippen molar-refractivity contribution in [2.24, 2.45) is 7.05 Å². The number of fused-ring (bicyclic) bond motifs is 1. The van der Waals surface area contributed by atoms with Gasteiger partial charge in [0.2, 0.25) is 0 Å². The van der Waals surface area contributed by atoms with Gasteiger partial charge in [-0.3, -0.25) is 4.90 Å². The molecule has 5 rings (SSSR count). The predicted octanol–water partition coefficient (Wildman–Crippen LogP) is 3.56. The molecular weight excluding hydrogens is 408 g/mol. The predicted molar refractivity (Wildman–Crippen MR) is 124 cm³/mol. The van der Waals surface area contributed by atoms with Crippen molar-refractivity contribution in [1.82, 2.24) is 24.4 Å². The number of aryl methyl sites for hydroxylation is 1. The molecule has 3 aromatic heterocycles. The van der Waals surface area contributed by atoms with Crippen LogP contribution in [0.5, 0.6) is 0 Å². The van der Waals surface area contributed by atoms with Crippen molar-refractivity contribution >= 4 is 27.4 Å². The zero-order valence-electron chi connectivity index (χ0n) is 17.9. The van der Waals surface area contributed by atoms with Crippen molar-refractivity contribution in [3.63, 3.8) is 0 Å². The first-order valence-corrected chi connectivity index (χ1v) is 11.4. The van der Waals surface area contributed by atoms with Gasteiger partial charge in [0, 0.05) is 63.7 Å². The van der Waals surface area contributed by atoms with E-state index in [1.165, 1.54) is 11.1 Å². The van der Waals surface area contributed by atoms with Gasteiger partial charge >= 0.3 is 0 Å². The van der Waals surface area contributed by atoms with Crippen molar-refractivity contribution < 1.29 is 4.74 Å². The lowest BCUT2D eigenvalue weighted by Gasteiger charge is -2.35. The van der Waals surface area contributed by atoms with Crippen molar-refractivity contribution in [2.75, 3.05) is 38.2 Å². The monoisotopic (exact) mass is 434 g/mol. The highest BCUT2D eigenvalue weighted by Crippen LogP contribution is 2.38. The minimum absolute atomic E-state index is 0.417. The molecular formula is C23H26N6OS. The molecule has 1 aliphatic rings. The lowest BCUT2D eigenvalue weighted by Crippen LogP contribution is -2.46. The first-order chi connectivity index (χ1) is 15.2. The molecule has 0 aliphatic carbocycles. The summed E-state index contributed by atoms with van der Waals surface area (Å²) >= 11 is 1.68. The van der Waals surface area contributed by atoms with Crippen LogP contribution >= 0.6 is 11.3 Å². The molecule has 160 valence electrons. The average molecular weight is 435 g/mol. The van der Waals surface area contributed by atoms with Crippen LogP contribution in [-0.4, -0.2) is 57.7 Å². The zero-order chi connectivity index (χ0) is 21.2. The number of aromatic nitrogens is 4. The molecule has 4 aromatic rings. The van der Waals surface area contributed by atoms with E-state index in [1.807, 2.05) is 18.5 Å². The summed E-state index contributed by atoms with van der Waals surface area (Å²) in [6.07, 6.45) is 3.87. The molecule has 0 radical (unpaired) electrons. The van der Waals surface area contributed by atoms with Gasteiger partial charge in [-0.25, -0.2) is 15.0 Å². The molecule has 1 aromatic carbocycles. The minimum atomic E-state index is 0.417. The van der Waals surface area contributed by atoms with Gasteiger partial charge in [-0.05, 0) is 5.56 Å². The van der Waals surface area contributed by atoms with E-state index in [-0.39, 0.29) is 0 Å². The second-order valence-corrected chi connectivity index (χ2v) is 8.67. The van der Waals surface area contributed by atoms with Crippen LogP contribution in [0, 0.1) is 0 Å². The number of nitrogens with zero attached hydrogens (tertiary/aromatic N) is 6. The van der Waals surface area contributed by atoms with Crippen molar-refractivity contribution in [3.8, 4) is 11.1 Å². The Morgan fingerprint density at radius 1 is 1.06 bits per heavy atom. The van der Waals surface area contributed by atoms with E-state index < -0.39 is 0 Å². The molecule has 1 aliphatic heterocycles. The number of imidazole rings is 1. The summed E-state index contributed by atoms with van der Waals surface area (Å²) in [6, 6.07) is 10.5. The molecule has 0 amide bonds. The highest BCUT2D eigenvalue weighted by Gasteiger charge is 2.24. The second kappa shape index (κ2) is 8.74. The van der Waals surface area contributed by atoms with Crippen LogP contribution in [0.25, 0.3) is 21.3 Å². The molecule has 7 nitrogen and oxygen atoms in total. The van der Waals surface area contributed by atoms with Crippen molar-refractivity contribution in [1.29, 1.82) is 0 Å². The second-order valence-electron chi connectivity index (χ2n) is 7.81. The number of benzene rings is 1. The highest BCUT2D eigenvalue weighted by atomic mass is 32.1. The normalized spacial score (nSPS) is 15.1. The maximum atomic E-state index is 5.34. The van der Waals surface area contributed by atoms with Crippen LogP contribution in [-0.2, 0) is 24.9 Å². The van der Waals surface area contributed by atoms with Crippen LogP contribution in [0.1, 0.15) is 11.6 Å². The summed E-state index contributed by atoms with van der Waals surface area (Å²) in [5.41, 5.74) is 2.40. The summed E-state index contributed by atoms with van der Waals surface area (Å²) in [4.78, 5) is 20.1. The Morgan fingerprint density at radius 3 is 2.58 bits per heavy atom. The fourth-order valence-electron chi connectivity index (χ4n) is 4.09. The smallest absolute Gasteiger partial charge is 0.158 e. The summed E-state index contributed by atoms with van der Waals surface area (Å²) < 4.78 is 7.43. The Balaban J connectivity index is 1.45. The molecule has 0 N–H and O–H groups in total. The lowest BCUT2D eigenvalue weighted by molar-refractivity contribution is 0.178. The Morgan fingerprint density at radius 2 is 1.87 bits per heavy atom. The Hall–Kier alpha value is -2.81. The number of rotatable bonds is 6. The zero-order valence-corrected chi connectivity index (χ0v) is 18.7. The SMILES string of the molecule is COCc1nc(N2CCN(Cc3nccn3C)CC2)c2c(-c3ccccc3)csc2n1. The van der Waals surface area contributed by atoms with Crippen LogP contribution in [0.3, 0.4) is 0 Å². The molecule has 0 atom stereocenters. The average Bonchev–Trinajstić information content (AvgIpc) is 3.41. The molecule has 0 bridgehead atoms. The quantitative estimate of drug-likeness (QED) is 0.463. The van der Waals surface area contributed by atoms with E-state index in [0.29, 0.717) is 6.61 Å². The highest BCUT2D eigenvalue weighted by molar-refractivity contribution is 7.17. The van der Waals surface area contributed by atoms with Crippen molar-refractivity contribution in [2.45, 2.75) is 13.2 Å². The van der Waals surface area contributed by atoms with E-state index in [0.717, 1.165) is 60.4 Å². The van der Waals surface area contributed by atoms with Gasteiger partial charge < -0.3 is 14.2 Å². The van der Waals surface area contributed by atoms with Crippen molar-refractivity contribution in [3.05, 3.63) is 59.8 Å². The molecule has 1 saturated heterocycles. The molecule has 4 heterocycles. The van der Waals surface area contributed by atoms with E-state index in [4.69, 9.17) is 14.7 Å². The van der Waals surface area contributed by atoms with E-state index in [2.05, 4.69) is 56.0 Å². The number of ether oxygens (including phenoxy) is 1.